The molecular formula is C93H166O16P2. The first-order chi connectivity index (χ1) is 54.2. The third kappa shape index (κ3) is 86.9. The zero-order chi connectivity index (χ0) is 80.8. The highest BCUT2D eigenvalue weighted by molar-refractivity contribution is 7.47. The molecule has 0 fully saturated rings. The maximum atomic E-state index is 13.0. The van der Waals surface area contributed by atoms with Crippen molar-refractivity contribution in [3.05, 3.63) is 109 Å². The molecule has 16 nitrogen and oxygen atoms in total. The molecule has 0 aromatic rings. The first kappa shape index (κ1) is 107. The molecule has 0 spiro atoms. The summed E-state index contributed by atoms with van der Waals surface area (Å²) in [4.78, 5) is 58.8. The van der Waals surface area contributed by atoms with Crippen LogP contribution in [0.1, 0.15) is 406 Å². The number of hydrogen-bond acceptors (Lipinski definition) is 14. The highest BCUT2D eigenvalue weighted by Crippen LogP contribution is 2.45. The number of hydrogen-bond donors (Lipinski definition) is 4. The number of unbranched alkanes of at least 4 members (excludes halogenated alkanes) is 45. The van der Waals surface area contributed by atoms with Crippen LogP contribution < -0.4 is 0 Å². The first-order valence-corrected chi connectivity index (χ1v) is 48.2. The minimum absolute atomic E-state index is 0.109. The summed E-state index contributed by atoms with van der Waals surface area (Å²) in [5, 5.41) is 20.7. The van der Waals surface area contributed by atoms with Crippen LogP contribution in [0.25, 0.3) is 0 Å². The standard InChI is InChI=1S/C93H166O16P2/c1-4-7-10-13-16-19-22-25-27-29-31-33-35-37-39-40-41-42-43-44-45-46-48-50-51-53-55-57-59-62-64-67-70-73-76-79-91(96)103-82-88(94)83-105-110(99,100)106-84-89(95)85-107-111(101,102)108-87-90(109-93(98)81-78-75-72-69-66-61-24-21-18-15-12-9-6-3)86-104-92(97)80-77-74-71-68-65-63-60-58-56-54-52-49-47-38-36-34-32-30-28-26-23-20-17-14-11-8-5-2/h7,10,16-17,19-20,25-28,31-34,37-39,47,88-90,94-95H,4-6,8-9,11-15,18,21-24,29-30,35-36,40-46,48-87H2,1-3H3,(H,99,100)(H,101,102)/b10-7-,19-16-,20-17-,27-25-,28-26-,33-31-,34-32-,39-37-,47-38-. The van der Waals surface area contributed by atoms with Crippen molar-refractivity contribution in [2.45, 2.75) is 424 Å². The lowest BCUT2D eigenvalue weighted by Crippen LogP contribution is -2.30. The summed E-state index contributed by atoms with van der Waals surface area (Å²) in [6.07, 6.45) is 103. The van der Waals surface area contributed by atoms with E-state index in [1.165, 1.54) is 218 Å². The fraction of sp³-hybridized carbons (Fsp3) is 0.774. The first-order valence-electron chi connectivity index (χ1n) is 45.2. The number of aliphatic hydroxyl groups is 2. The predicted molar refractivity (Wildman–Crippen MR) is 464 cm³/mol. The Bertz CT molecular complexity index is 2450. The fourth-order valence-corrected chi connectivity index (χ4v) is 14.2. The predicted octanol–water partition coefficient (Wildman–Crippen LogP) is 27.4. The Labute approximate surface area is 679 Å². The topological polar surface area (TPSA) is 231 Å². The molecule has 5 unspecified atom stereocenters. The minimum Gasteiger partial charge on any atom is -0.463 e. The van der Waals surface area contributed by atoms with Crippen LogP contribution >= 0.6 is 15.6 Å². The van der Waals surface area contributed by atoms with Gasteiger partial charge in [-0.25, -0.2) is 9.13 Å². The van der Waals surface area contributed by atoms with Crippen molar-refractivity contribution in [1.82, 2.24) is 0 Å². The minimum atomic E-state index is -4.93. The van der Waals surface area contributed by atoms with Gasteiger partial charge in [0.25, 0.3) is 0 Å². The van der Waals surface area contributed by atoms with Gasteiger partial charge in [-0.05, 0) is 109 Å². The van der Waals surface area contributed by atoms with E-state index in [9.17, 15) is 43.5 Å². The van der Waals surface area contributed by atoms with E-state index in [1.54, 1.807) is 0 Å². The van der Waals surface area contributed by atoms with E-state index in [-0.39, 0.29) is 19.3 Å². The summed E-state index contributed by atoms with van der Waals surface area (Å²) in [5.41, 5.74) is 0. The van der Waals surface area contributed by atoms with Crippen molar-refractivity contribution in [2.24, 2.45) is 0 Å². The highest BCUT2D eigenvalue weighted by atomic mass is 31.2. The number of esters is 3. The Morgan fingerprint density at radius 3 is 0.775 bits per heavy atom. The second-order valence-electron chi connectivity index (χ2n) is 30.4. The second kappa shape index (κ2) is 85.6. The summed E-state index contributed by atoms with van der Waals surface area (Å²) in [7, 11) is -9.78. The lowest BCUT2D eigenvalue weighted by atomic mass is 10.0. The zero-order valence-electron chi connectivity index (χ0n) is 70.9. The van der Waals surface area contributed by atoms with Crippen LogP contribution in [0.4, 0.5) is 0 Å². The van der Waals surface area contributed by atoms with Crippen molar-refractivity contribution in [3.8, 4) is 0 Å². The highest BCUT2D eigenvalue weighted by Gasteiger charge is 2.29. The van der Waals surface area contributed by atoms with Gasteiger partial charge in [-0.2, -0.15) is 0 Å². The van der Waals surface area contributed by atoms with Crippen molar-refractivity contribution in [3.63, 3.8) is 0 Å². The monoisotopic (exact) mass is 1600 g/mol. The molecule has 111 heavy (non-hydrogen) atoms. The van der Waals surface area contributed by atoms with Crippen molar-refractivity contribution < 1.29 is 75.8 Å². The average molecular weight is 1600 g/mol. The Morgan fingerprint density at radius 1 is 0.261 bits per heavy atom. The third-order valence-corrected chi connectivity index (χ3v) is 21.4. The maximum absolute atomic E-state index is 13.0. The van der Waals surface area contributed by atoms with E-state index in [2.05, 4.69) is 130 Å². The molecule has 0 heterocycles. The summed E-state index contributed by atoms with van der Waals surface area (Å²) in [6, 6.07) is 0. The molecule has 0 rings (SSSR count). The summed E-state index contributed by atoms with van der Waals surface area (Å²) < 4.78 is 61.3. The van der Waals surface area contributed by atoms with Crippen molar-refractivity contribution >= 4 is 33.6 Å². The molecule has 0 saturated carbocycles. The number of aliphatic hydroxyl groups excluding tert-OH is 2. The molecule has 0 bridgehead atoms. The molecule has 0 amide bonds. The van der Waals surface area contributed by atoms with E-state index in [4.69, 9.17) is 32.3 Å². The maximum Gasteiger partial charge on any atom is 0.472 e. The van der Waals surface area contributed by atoms with Gasteiger partial charge >= 0.3 is 33.6 Å². The number of carbonyl (C=O) groups excluding carboxylic acids is 3. The number of rotatable bonds is 86. The Morgan fingerprint density at radius 2 is 0.477 bits per heavy atom. The van der Waals surface area contributed by atoms with Gasteiger partial charge in [0.2, 0.25) is 0 Å². The van der Waals surface area contributed by atoms with E-state index in [1.807, 2.05) is 0 Å². The number of carbonyl (C=O) groups is 3. The number of allylic oxidation sites excluding steroid dienone is 18. The Kier molecular flexibility index (Phi) is 82.7. The van der Waals surface area contributed by atoms with Crippen LogP contribution in [0.3, 0.4) is 0 Å². The smallest absolute Gasteiger partial charge is 0.463 e. The molecule has 644 valence electrons. The van der Waals surface area contributed by atoms with Crippen molar-refractivity contribution in [2.75, 3.05) is 39.6 Å². The van der Waals surface area contributed by atoms with Crippen LogP contribution in [0, 0.1) is 0 Å². The largest absolute Gasteiger partial charge is 0.472 e. The zero-order valence-corrected chi connectivity index (χ0v) is 72.7. The van der Waals surface area contributed by atoms with Gasteiger partial charge in [0.1, 0.15) is 25.4 Å². The fourth-order valence-electron chi connectivity index (χ4n) is 12.6. The quantitative estimate of drug-likeness (QED) is 0.0146. The summed E-state index contributed by atoms with van der Waals surface area (Å²) >= 11 is 0. The van der Waals surface area contributed by atoms with Gasteiger partial charge in [0, 0.05) is 19.3 Å². The molecule has 18 heteroatoms. The Hall–Kier alpha value is -3.79. The summed E-state index contributed by atoms with van der Waals surface area (Å²) in [5.74, 6) is -1.55. The molecule has 0 aromatic heterocycles. The normalized spacial score (nSPS) is 14.3. The van der Waals surface area contributed by atoms with Gasteiger partial charge in [0.05, 0.1) is 26.4 Å². The number of ether oxygens (including phenoxy) is 3. The van der Waals surface area contributed by atoms with Crippen LogP contribution in [0.5, 0.6) is 0 Å². The van der Waals surface area contributed by atoms with E-state index < -0.39 is 91.5 Å². The molecule has 0 radical (unpaired) electrons. The van der Waals surface area contributed by atoms with Gasteiger partial charge in [-0.15, -0.1) is 0 Å². The molecule has 0 aromatic carbocycles. The molecule has 0 aliphatic carbocycles. The molecule has 0 aliphatic heterocycles. The molecule has 0 aliphatic rings. The number of phosphoric ester groups is 2. The molecular weight excluding hydrogens is 1430 g/mol. The van der Waals surface area contributed by atoms with Crippen molar-refractivity contribution in [1.29, 1.82) is 0 Å². The second-order valence-corrected chi connectivity index (χ2v) is 33.3. The molecule has 5 atom stereocenters. The van der Waals surface area contributed by atoms with Crippen LogP contribution in [0.2, 0.25) is 0 Å². The van der Waals surface area contributed by atoms with Gasteiger partial charge in [0.15, 0.2) is 6.10 Å². The van der Waals surface area contributed by atoms with E-state index in [0.717, 1.165) is 128 Å². The van der Waals surface area contributed by atoms with E-state index >= 15 is 0 Å². The summed E-state index contributed by atoms with van der Waals surface area (Å²) in [6.45, 7) is 2.61. The number of phosphoric acid groups is 2. The van der Waals surface area contributed by atoms with Gasteiger partial charge in [-0.3, -0.25) is 32.5 Å². The molecule has 4 N–H and O–H groups in total. The lowest BCUT2D eigenvalue weighted by molar-refractivity contribution is -0.161. The Balaban J connectivity index is 4.37. The third-order valence-electron chi connectivity index (χ3n) is 19.5. The lowest BCUT2D eigenvalue weighted by Gasteiger charge is -2.21. The van der Waals surface area contributed by atoms with Crippen LogP contribution in [0.15, 0.2) is 109 Å². The SMILES string of the molecule is CC/C=C\C/C=C\C/C=C\C/C=C\C/C=C\CCCCCCCCCCCCCCCCCCCCCC(=O)OCC(O)COP(=O)(O)OCC(O)COP(=O)(O)OCC(COC(=O)CCCCCCCCCCCCC/C=C\C/C=C\C/C=C\C/C=C\CCCCC)OC(=O)CCCCCCCCCCCCCCC. The van der Waals surface area contributed by atoms with Crippen LogP contribution in [-0.4, -0.2) is 95.9 Å². The van der Waals surface area contributed by atoms with E-state index in [0.29, 0.717) is 19.3 Å². The average Bonchev–Trinajstić information content (AvgIpc) is 0.903. The van der Waals surface area contributed by atoms with Gasteiger partial charge < -0.3 is 34.2 Å². The van der Waals surface area contributed by atoms with Crippen LogP contribution in [-0.2, 0) is 55.8 Å². The van der Waals surface area contributed by atoms with Gasteiger partial charge in [-0.1, -0.05) is 387 Å². The molecule has 0 saturated heterocycles.